The molecule has 4 nitrogen and oxygen atoms in total. The topological polar surface area (TPSA) is 39.1 Å². The first-order valence-corrected chi connectivity index (χ1v) is 5.27. The van der Waals surface area contributed by atoms with Crippen molar-refractivity contribution in [2.45, 2.75) is 25.9 Å². The summed E-state index contributed by atoms with van der Waals surface area (Å²) in [6.07, 6.45) is 4.74. The lowest BCUT2D eigenvalue weighted by atomic mass is 10.1. The molecular formula is C11H21N3O. The molecule has 1 N–H and O–H groups in total. The molecule has 0 bridgehead atoms. The van der Waals surface area contributed by atoms with Gasteiger partial charge in [-0.2, -0.15) is 0 Å². The molecule has 0 amide bonds. The second kappa shape index (κ2) is 5.28. The second-order valence-corrected chi connectivity index (χ2v) is 4.34. The zero-order chi connectivity index (χ0) is 11.3. The first-order valence-electron chi connectivity index (χ1n) is 5.27. The number of aromatic nitrogens is 2. The van der Waals surface area contributed by atoms with Crippen LogP contribution >= 0.6 is 0 Å². The molecule has 0 aliphatic heterocycles. The van der Waals surface area contributed by atoms with Crippen molar-refractivity contribution in [3.8, 4) is 0 Å². The highest BCUT2D eigenvalue weighted by Crippen LogP contribution is 2.04. The zero-order valence-corrected chi connectivity index (χ0v) is 10.1. The van der Waals surface area contributed by atoms with Gasteiger partial charge in [-0.25, -0.2) is 4.98 Å². The highest BCUT2D eigenvalue weighted by molar-refractivity contribution is 4.91. The molecule has 0 spiro atoms. The quantitative estimate of drug-likeness (QED) is 0.713. The molecule has 0 atom stereocenters. The fraction of sp³-hybridized carbons (Fsp3) is 0.727. The second-order valence-electron chi connectivity index (χ2n) is 4.34. The molecule has 1 heterocycles. The first-order chi connectivity index (χ1) is 7.05. The van der Waals surface area contributed by atoms with E-state index in [-0.39, 0.29) is 5.60 Å². The average molecular weight is 211 g/mol. The third-order valence-corrected chi connectivity index (χ3v) is 2.55. The van der Waals surface area contributed by atoms with E-state index in [9.17, 15) is 0 Å². The Labute approximate surface area is 91.7 Å². The van der Waals surface area contributed by atoms with E-state index in [2.05, 4.69) is 24.1 Å². The summed E-state index contributed by atoms with van der Waals surface area (Å²) in [5.74, 6) is 1.11. The Bertz CT molecular complexity index is 294. The maximum absolute atomic E-state index is 5.32. The summed E-state index contributed by atoms with van der Waals surface area (Å²) in [7, 11) is 3.75. The number of nitrogens with one attached hydrogen (secondary N) is 1. The van der Waals surface area contributed by atoms with Crippen LogP contribution in [0.15, 0.2) is 12.4 Å². The van der Waals surface area contributed by atoms with Gasteiger partial charge in [0.25, 0.3) is 0 Å². The van der Waals surface area contributed by atoms with Gasteiger partial charge in [0.1, 0.15) is 5.82 Å². The fourth-order valence-electron chi connectivity index (χ4n) is 1.30. The van der Waals surface area contributed by atoms with Crippen molar-refractivity contribution in [3.05, 3.63) is 18.2 Å². The largest absolute Gasteiger partial charge is 0.377 e. The predicted molar refractivity (Wildman–Crippen MR) is 60.9 cm³/mol. The van der Waals surface area contributed by atoms with Crippen molar-refractivity contribution in [2.24, 2.45) is 7.05 Å². The van der Waals surface area contributed by atoms with E-state index < -0.39 is 0 Å². The summed E-state index contributed by atoms with van der Waals surface area (Å²) < 4.78 is 7.36. The maximum Gasteiger partial charge on any atom is 0.109 e. The molecule has 0 saturated carbocycles. The number of methoxy groups -OCH3 is 1. The lowest BCUT2D eigenvalue weighted by Gasteiger charge is -2.23. The van der Waals surface area contributed by atoms with Gasteiger partial charge >= 0.3 is 0 Å². The Balaban J connectivity index is 2.20. The first kappa shape index (κ1) is 12.2. The van der Waals surface area contributed by atoms with E-state index >= 15 is 0 Å². The van der Waals surface area contributed by atoms with Gasteiger partial charge in [0.05, 0.1) is 5.60 Å². The van der Waals surface area contributed by atoms with Crippen LogP contribution in [0, 0.1) is 0 Å². The van der Waals surface area contributed by atoms with Gasteiger partial charge in [-0.3, -0.25) is 0 Å². The van der Waals surface area contributed by atoms with Crippen molar-refractivity contribution in [1.29, 1.82) is 0 Å². The smallest absolute Gasteiger partial charge is 0.109 e. The lowest BCUT2D eigenvalue weighted by Crippen LogP contribution is -2.37. The van der Waals surface area contributed by atoms with E-state index in [1.54, 1.807) is 7.11 Å². The van der Waals surface area contributed by atoms with Crippen molar-refractivity contribution in [3.63, 3.8) is 0 Å². The monoisotopic (exact) mass is 211 g/mol. The van der Waals surface area contributed by atoms with Crippen molar-refractivity contribution >= 4 is 0 Å². The molecule has 0 saturated heterocycles. The minimum atomic E-state index is -0.0956. The SMILES string of the molecule is COC(C)(C)CNCCc1nccn1C. The van der Waals surface area contributed by atoms with E-state index in [4.69, 9.17) is 4.74 Å². The fourth-order valence-corrected chi connectivity index (χ4v) is 1.30. The average Bonchev–Trinajstić information content (AvgIpc) is 2.59. The molecule has 1 rings (SSSR count). The van der Waals surface area contributed by atoms with Crippen molar-refractivity contribution < 1.29 is 4.74 Å². The minimum Gasteiger partial charge on any atom is -0.377 e. The van der Waals surface area contributed by atoms with E-state index in [1.165, 1.54) is 0 Å². The predicted octanol–water partition coefficient (Wildman–Crippen LogP) is 0.977. The summed E-state index contributed by atoms with van der Waals surface area (Å²) in [4.78, 5) is 4.26. The van der Waals surface area contributed by atoms with Crippen molar-refractivity contribution in [1.82, 2.24) is 14.9 Å². The number of rotatable bonds is 6. The Morgan fingerprint density at radius 2 is 2.27 bits per heavy atom. The van der Waals surface area contributed by atoms with Gasteiger partial charge in [0, 0.05) is 46.1 Å². The molecule has 0 radical (unpaired) electrons. The van der Waals surface area contributed by atoms with Gasteiger partial charge in [-0.05, 0) is 13.8 Å². The number of hydrogen-bond acceptors (Lipinski definition) is 3. The van der Waals surface area contributed by atoms with Crippen LogP contribution < -0.4 is 5.32 Å². The maximum atomic E-state index is 5.32. The van der Waals surface area contributed by atoms with Gasteiger partial charge in [-0.1, -0.05) is 0 Å². The number of hydrogen-bond donors (Lipinski definition) is 1. The Morgan fingerprint density at radius 1 is 1.53 bits per heavy atom. The summed E-state index contributed by atoms with van der Waals surface area (Å²) in [6, 6.07) is 0. The van der Waals surface area contributed by atoms with E-state index in [1.807, 2.05) is 24.0 Å². The van der Waals surface area contributed by atoms with Crippen LogP contribution in [0.3, 0.4) is 0 Å². The van der Waals surface area contributed by atoms with Gasteiger partial charge in [0.15, 0.2) is 0 Å². The number of aryl methyl sites for hydroxylation is 1. The molecule has 4 heteroatoms. The van der Waals surface area contributed by atoms with Crippen LogP contribution in [0.5, 0.6) is 0 Å². The summed E-state index contributed by atoms with van der Waals surface area (Å²) in [6.45, 7) is 5.92. The summed E-state index contributed by atoms with van der Waals surface area (Å²) in [5.41, 5.74) is -0.0956. The molecule has 0 aromatic carbocycles. The number of ether oxygens (including phenoxy) is 1. The van der Waals surface area contributed by atoms with E-state index in [0.29, 0.717) is 0 Å². The van der Waals surface area contributed by atoms with Gasteiger partial charge < -0.3 is 14.6 Å². The van der Waals surface area contributed by atoms with Crippen LogP contribution in [-0.4, -0.2) is 35.4 Å². The normalized spacial score (nSPS) is 12.0. The Kier molecular flexibility index (Phi) is 4.29. The van der Waals surface area contributed by atoms with Gasteiger partial charge in [0.2, 0.25) is 0 Å². The lowest BCUT2D eigenvalue weighted by molar-refractivity contribution is 0.0235. The molecule has 0 unspecified atom stereocenters. The molecular weight excluding hydrogens is 190 g/mol. The molecule has 0 aliphatic rings. The molecule has 0 fully saturated rings. The van der Waals surface area contributed by atoms with Crippen LogP contribution in [0.1, 0.15) is 19.7 Å². The van der Waals surface area contributed by atoms with Gasteiger partial charge in [-0.15, -0.1) is 0 Å². The standard InChI is InChI=1S/C11H21N3O/c1-11(2,15-4)9-12-6-5-10-13-7-8-14(10)3/h7-8,12H,5-6,9H2,1-4H3. The summed E-state index contributed by atoms with van der Waals surface area (Å²) in [5, 5.41) is 3.36. The summed E-state index contributed by atoms with van der Waals surface area (Å²) >= 11 is 0. The minimum absolute atomic E-state index is 0.0956. The van der Waals surface area contributed by atoms with Crippen LogP contribution in [-0.2, 0) is 18.2 Å². The molecule has 1 aromatic rings. The van der Waals surface area contributed by atoms with Crippen LogP contribution in [0.4, 0.5) is 0 Å². The molecule has 86 valence electrons. The highest BCUT2D eigenvalue weighted by Gasteiger charge is 2.14. The highest BCUT2D eigenvalue weighted by atomic mass is 16.5. The Hall–Kier alpha value is -0.870. The number of imidazole rings is 1. The number of nitrogens with zero attached hydrogens (tertiary/aromatic N) is 2. The molecule has 1 aromatic heterocycles. The molecule has 15 heavy (non-hydrogen) atoms. The van der Waals surface area contributed by atoms with E-state index in [0.717, 1.165) is 25.3 Å². The third kappa shape index (κ3) is 4.01. The zero-order valence-electron chi connectivity index (χ0n) is 10.1. The third-order valence-electron chi connectivity index (χ3n) is 2.55. The van der Waals surface area contributed by atoms with Crippen LogP contribution in [0.25, 0.3) is 0 Å². The van der Waals surface area contributed by atoms with Crippen LogP contribution in [0.2, 0.25) is 0 Å². The molecule has 0 aliphatic carbocycles. The van der Waals surface area contributed by atoms with Crippen molar-refractivity contribution in [2.75, 3.05) is 20.2 Å². The Morgan fingerprint density at radius 3 is 2.80 bits per heavy atom.